The largest absolute Gasteiger partial charge is 0.340 e. The molecular weight excluding hydrogens is 400 g/mol. The van der Waals surface area contributed by atoms with Crippen molar-refractivity contribution in [3.63, 3.8) is 0 Å². The molecule has 160 valence electrons. The Bertz CT molecular complexity index is 1260. The summed E-state index contributed by atoms with van der Waals surface area (Å²) in [6, 6.07) is 17.7. The molecule has 2 unspecified atom stereocenters. The first-order valence-electron chi connectivity index (χ1n) is 11.1. The molecule has 4 aromatic rings. The summed E-state index contributed by atoms with van der Waals surface area (Å²) in [6.07, 6.45) is 6.66. The van der Waals surface area contributed by atoms with Crippen molar-refractivity contribution in [3.8, 4) is 5.69 Å². The Kier molecular flexibility index (Phi) is 4.60. The number of amides is 1. The van der Waals surface area contributed by atoms with E-state index in [9.17, 15) is 4.79 Å². The Hall–Kier alpha value is -3.74. The van der Waals surface area contributed by atoms with Gasteiger partial charge in [-0.05, 0) is 42.5 Å². The molecule has 2 aliphatic rings. The SMILES string of the molecule is O=C(c1ccccc1-n1cccn1)N1CC2CC(C1)CN(c1ncc3ccccc3n1)C2. The van der Waals surface area contributed by atoms with Crippen molar-refractivity contribution in [2.75, 3.05) is 31.1 Å². The molecule has 7 nitrogen and oxygen atoms in total. The van der Waals surface area contributed by atoms with Crippen LogP contribution in [0.4, 0.5) is 5.95 Å². The average molecular weight is 425 g/mol. The van der Waals surface area contributed by atoms with Crippen LogP contribution in [-0.4, -0.2) is 56.7 Å². The highest BCUT2D eigenvalue weighted by molar-refractivity contribution is 5.97. The number of fused-ring (bicyclic) bond motifs is 3. The summed E-state index contributed by atoms with van der Waals surface area (Å²) < 4.78 is 1.76. The van der Waals surface area contributed by atoms with Gasteiger partial charge in [0.25, 0.3) is 5.91 Å². The third-order valence-electron chi connectivity index (χ3n) is 6.51. The Balaban J connectivity index is 1.22. The summed E-state index contributed by atoms with van der Waals surface area (Å²) >= 11 is 0. The molecule has 2 aromatic carbocycles. The van der Waals surface area contributed by atoms with Gasteiger partial charge in [0.05, 0.1) is 16.8 Å². The molecule has 0 N–H and O–H groups in total. The van der Waals surface area contributed by atoms with E-state index in [1.165, 1.54) is 0 Å². The minimum atomic E-state index is 0.0844. The number of para-hydroxylation sites is 2. The second-order valence-electron chi connectivity index (χ2n) is 8.78. The van der Waals surface area contributed by atoms with E-state index in [1.54, 1.807) is 10.9 Å². The highest BCUT2D eigenvalue weighted by Gasteiger charge is 2.37. The lowest BCUT2D eigenvalue weighted by Crippen LogP contribution is -2.54. The van der Waals surface area contributed by atoms with Crippen molar-refractivity contribution in [2.24, 2.45) is 11.8 Å². The van der Waals surface area contributed by atoms with Crippen molar-refractivity contribution < 1.29 is 4.79 Å². The van der Waals surface area contributed by atoms with Gasteiger partial charge >= 0.3 is 0 Å². The minimum Gasteiger partial charge on any atom is -0.340 e. The van der Waals surface area contributed by atoms with Crippen molar-refractivity contribution in [2.45, 2.75) is 6.42 Å². The van der Waals surface area contributed by atoms with Gasteiger partial charge in [-0.2, -0.15) is 5.10 Å². The summed E-state index contributed by atoms with van der Waals surface area (Å²) in [4.78, 5) is 27.2. The molecule has 4 heterocycles. The smallest absolute Gasteiger partial charge is 0.256 e. The monoisotopic (exact) mass is 424 g/mol. The topological polar surface area (TPSA) is 67.2 Å². The van der Waals surface area contributed by atoms with E-state index >= 15 is 0 Å². The van der Waals surface area contributed by atoms with E-state index < -0.39 is 0 Å². The van der Waals surface area contributed by atoms with Crippen LogP contribution < -0.4 is 4.90 Å². The van der Waals surface area contributed by atoms with Gasteiger partial charge < -0.3 is 9.80 Å². The van der Waals surface area contributed by atoms with Crippen LogP contribution in [0.2, 0.25) is 0 Å². The fourth-order valence-electron chi connectivity index (χ4n) is 5.16. The van der Waals surface area contributed by atoms with Crippen LogP contribution in [0.5, 0.6) is 0 Å². The molecule has 2 bridgehead atoms. The first kappa shape index (κ1) is 19.0. The summed E-state index contributed by atoms with van der Waals surface area (Å²) in [5.74, 6) is 1.71. The molecule has 2 aliphatic heterocycles. The van der Waals surface area contributed by atoms with Crippen LogP contribution in [-0.2, 0) is 0 Å². The standard InChI is InChI=1S/C25H24N6O/c32-24(21-7-2-4-9-23(21)31-11-5-10-27-31)29-14-18-12-19(15-29)17-30(16-18)25-26-13-20-6-1-3-8-22(20)28-25/h1-11,13,18-19H,12,14-17H2. The van der Waals surface area contributed by atoms with Crippen molar-refractivity contribution in [3.05, 3.63) is 78.8 Å². The Labute approximate surface area is 186 Å². The quantitative estimate of drug-likeness (QED) is 0.504. The molecule has 32 heavy (non-hydrogen) atoms. The molecule has 0 aliphatic carbocycles. The number of likely N-dealkylation sites (tertiary alicyclic amines) is 1. The van der Waals surface area contributed by atoms with Crippen molar-refractivity contribution in [1.29, 1.82) is 0 Å². The fourth-order valence-corrected chi connectivity index (χ4v) is 5.16. The van der Waals surface area contributed by atoms with Crippen molar-refractivity contribution in [1.82, 2.24) is 24.6 Å². The second kappa shape index (κ2) is 7.75. The molecule has 2 aromatic heterocycles. The molecule has 0 radical (unpaired) electrons. The first-order valence-corrected chi connectivity index (χ1v) is 11.1. The van der Waals surface area contributed by atoms with Crippen LogP contribution >= 0.6 is 0 Å². The van der Waals surface area contributed by atoms with E-state index in [1.807, 2.05) is 71.9 Å². The molecule has 2 fully saturated rings. The van der Waals surface area contributed by atoms with Gasteiger partial charge in [-0.1, -0.05) is 30.3 Å². The van der Waals surface area contributed by atoms with Gasteiger partial charge in [0.15, 0.2) is 0 Å². The summed E-state index contributed by atoms with van der Waals surface area (Å²) in [7, 11) is 0. The first-order chi connectivity index (χ1) is 15.7. The maximum atomic E-state index is 13.5. The minimum absolute atomic E-state index is 0.0844. The summed E-state index contributed by atoms with van der Waals surface area (Å²) in [5.41, 5.74) is 2.50. The molecule has 1 amide bonds. The van der Waals surface area contributed by atoms with Crippen LogP contribution in [0.25, 0.3) is 16.6 Å². The fraction of sp³-hybridized carbons (Fsp3) is 0.280. The number of carbonyl (C=O) groups excluding carboxylic acids is 1. The molecule has 7 heteroatoms. The zero-order chi connectivity index (χ0) is 21.5. The molecule has 6 rings (SSSR count). The molecule has 2 atom stereocenters. The van der Waals surface area contributed by atoms with Gasteiger partial charge in [-0.15, -0.1) is 0 Å². The third kappa shape index (κ3) is 3.39. The molecule has 0 saturated carbocycles. The van der Waals surface area contributed by atoms with Crippen LogP contribution in [0.3, 0.4) is 0 Å². The molecular formula is C25H24N6O. The van der Waals surface area contributed by atoms with Gasteiger partial charge in [0.1, 0.15) is 0 Å². The molecule has 2 saturated heterocycles. The van der Waals surface area contributed by atoms with Crippen LogP contribution in [0.1, 0.15) is 16.8 Å². The number of aromatic nitrogens is 4. The number of rotatable bonds is 3. The Morgan fingerprint density at radius 3 is 2.50 bits per heavy atom. The second-order valence-corrected chi connectivity index (χ2v) is 8.78. The van der Waals surface area contributed by atoms with Gasteiger partial charge in [-0.3, -0.25) is 4.79 Å². The maximum absolute atomic E-state index is 13.5. The highest BCUT2D eigenvalue weighted by atomic mass is 16.2. The van der Waals surface area contributed by atoms with Gasteiger partial charge in [-0.25, -0.2) is 14.6 Å². The van der Waals surface area contributed by atoms with E-state index in [0.29, 0.717) is 17.4 Å². The van der Waals surface area contributed by atoms with E-state index in [4.69, 9.17) is 4.98 Å². The Morgan fingerprint density at radius 1 is 0.906 bits per heavy atom. The number of hydrogen-bond donors (Lipinski definition) is 0. The third-order valence-corrected chi connectivity index (χ3v) is 6.51. The number of piperidine rings is 2. The lowest BCUT2D eigenvalue weighted by molar-refractivity contribution is 0.0563. The highest BCUT2D eigenvalue weighted by Crippen LogP contribution is 2.32. The van der Waals surface area contributed by atoms with Crippen LogP contribution in [0.15, 0.2) is 73.2 Å². The number of hydrogen-bond acceptors (Lipinski definition) is 5. The predicted octanol–water partition coefficient (Wildman–Crippen LogP) is 3.41. The summed E-state index contributed by atoms with van der Waals surface area (Å²) in [6.45, 7) is 3.26. The Morgan fingerprint density at radius 2 is 1.69 bits per heavy atom. The van der Waals surface area contributed by atoms with E-state index in [2.05, 4.69) is 15.0 Å². The number of nitrogens with zero attached hydrogens (tertiary/aromatic N) is 6. The van der Waals surface area contributed by atoms with Gasteiger partial charge in [0, 0.05) is 50.2 Å². The lowest BCUT2D eigenvalue weighted by Gasteiger charge is -2.45. The summed E-state index contributed by atoms with van der Waals surface area (Å²) in [5, 5.41) is 5.38. The predicted molar refractivity (Wildman–Crippen MR) is 123 cm³/mol. The van der Waals surface area contributed by atoms with Crippen LogP contribution in [0, 0.1) is 11.8 Å². The van der Waals surface area contributed by atoms with Crippen molar-refractivity contribution >= 4 is 22.8 Å². The van der Waals surface area contributed by atoms with Gasteiger partial charge in [0.2, 0.25) is 5.95 Å². The zero-order valence-corrected chi connectivity index (χ0v) is 17.7. The number of benzene rings is 2. The lowest BCUT2D eigenvalue weighted by atomic mass is 9.84. The number of carbonyl (C=O) groups is 1. The maximum Gasteiger partial charge on any atom is 0.256 e. The number of anilines is 1. The van der Waals surface area contributed by atoms with E-state index in [0.717, 1.165) is 55.1 Å². The zero-order valence-electron chi connectivity index (χ0n) is 17.7. The normalized spacial score (nSPS) is 20.5. The molecule has 0 spiro atoms. The average Bonchev–Trinajstić information content (AvgIpc) is 3.37. The van der Waals surface area contributed by atoms with E-state index in [-0.39, 0.29) is 5.91 Å².